The Bertz CT molecular complexity index is 1270. The van der Waals surface area contributed by atoms with E-state index in [0.29, 0.717) is 35.6 Å². The molecule has 1 fully saturated rings. The smallest absolute Gasteiger partial charge is 0.408 e. The fourth-order valence-corrected chi connectivity index (χ4v) is 4.46. The van der Waals surface area contributed by atoms with Crippen molar-refractivity contribution in [3.8, 4) is 0 Å². The summed E-state index contributed by atoms with van der Waals surface area (Å²) in [7, 11) is 0. The van der Waals surface area contributed by atoms with Gasteiger partial charge in [0.15, 0.2) is 5.58 Å². The first kappa shape index (κ1) is 18.1. The Balaban J connectivity index is 1.40. The average Bonchev–Trinajstić information content (AvgIpc) is 3.28. The van der Waals surface area contributed by atoms with E-state index < -0.39 is 5.76 Å². The van der Waals surface area contributed by atoms with Crippen LogP contribution in [0.3, 0.4) is 0 Å². The molecule has 6 nitrogen and oxygen atoms in total. The molecule has 3 heterocycles. The number of likely N-dealkylation sites (tertiary alicyclic amines) is 1. The van der Waals surface area contributed by atoms with E-state index in [1.54, 1.807) is 22.8 Å². The summed E-state index contributed by atoms with van der Waals surface area (Å²) in [6.45, 7) is 1.19. The topological polar surface area (TPSA) is 71.2 Å². The molecule has 0 unspecified atom stereocenters. The van der Waals surface area contributed by atoms with E-state index in [9.17, 15) is 9.59 Å². The molecule has 2 aromatic carbocycles. The van der Waals surface area contributed by atoms with Crippen LogP contribution >= 0.6 is 11.6 Å². The molecule has 0 spiro atoms. The highest BCUT2D eigenvalue weighted by atomic mass is 35.5. The highest BCUT2D eigenvalue weighted by molar-refractivity contribution is 6.31. The van der Waals surface area contributed by atoms with Gasteiger partial charge in [-0.3, -0.25) is 9.36 Å². The van der Waals surface area contributed by atoms with Gasteiger partial charge in [-0.15, -0.1) is 0 Å². The Morgan fingerprint density at radius 2 is 2.10 bits per heavy atom. The van der Waals surface area contributed by atoms with Crippen LogP contribution in [0.2, 0.25) is 5.02 Å². The number of hydrogen-bond acceptors (Lipinski definition) is 3. The Labute approximate surface area is 171 Å². The van der Waals surface area contributed by atoms with Crippen LogP contribution in [-0.2, 0) is 11.2 Å². The Morgan fingerprint density at radius 3 is 3.00 bits per heavy atom. The maximum absolute atomic E-state index is 13.0. The van der Waals surface area contributed by atoms with Crippen LogP contribution in [0.15, 0.2) is 57.9 Å². The number of aromatic nitrogens is 2. The largest absolute Gasteiger partial charge is 0.420 e. The number of hydrogen-bond donors (Lipinski definition) is 1. The van der Waals surface area contributed by atoms with Gasteiger partial charge in [-0.25, -0.2) is 4.79 Å². The standard InChI is InChI=1S/C22H20ClN3O3/c23-15-7-8-20-19(11-15)26(22(28)29-20)16-4-3-9-25(13-16)21(27)10-14-12-24-18-6-2-1-5-17(14)18/h1-2,5-8,11-12,16,24H,3-4,9-10,13H2/t16-/m1/s1. The predicted molar refractivity (Wildman–Crippen MR) is 112 cm³/mol. The third-order valence-corrected chi connectivity index (χ3v) is 5.94. The number of oxazole rings is 1. The average molecular weight is 410 g/mol. The zero-order valence-corrected chi connectivity index (χ0v) is 16.5. The van der Waals surface area contributed by atoms with Gasteiger partial charge >= 0.3 is 5.76 Å². The van der Waals surface area contributed by atoms with Gasteiger partial charge in [0.05, 0.1) is 18.0 Å². The number of para-hydroxylation sites is 1. The number of carbonyl (C=O) groups is 1. The molecule has 148 valence electrons. The summed E-state index contributed by atoms with van der Waals surface area (Å²) in [6, 6.07) is 13.0. The van der Waals surface area contributed by atoms with Gasteiger partial charge in [-0.05, 0) is 42.7 Å². The van der Waals surface area contributed by atoms with Gasteiger partial charge < -0.3 is 14.3 Å². The summed E-state index contributed by atoms with van der Waals surface area (Å²) in [4.78, 5) is 30.6. The monoisotopic (exact) mass is 409 g/mol. The van der Waals surface area contributed by atoms with E-state index in [4.69, 9.17) is 16.0 Å². The molecule has 1 aliphatic heterocycles. The molecule has 7 heteroatoms. The van der Waals surface area contributed by atoms with Crippen molar-refractivity contribution >= 4 is 39.5 Å². The third-order valence-electron chi connectivity index (χ3n) is 5.71. The van der Waals surface area contributed by atoms with Crippen LogP contribution in [0.5, 0.6) is 0 Å². The number of rotatable bonds is 3. The number of fused-ring (bicyclic) bond motifs is 2. The number of carbonyl (C=O) groups excluding carboxylic acids is 1. The van der Waals surface area contributed by atoms with Crippen molar-refractivity contribution < 1.29 is 9.21 Å². The first-order chi connectivity index (χ1) is 14.1. The highest BCUT2D eigenvalue weighted by Crippen LogP contribution is 2.27. The quantitative estimate of drug-likeness (QED) is 0.553. The second-order valence-electron chi connectivity index (χ2n) is 7.52. The fraction of sp³-hybridized carbons (Fsp3) is 0.273. The molecule has 0 bridgehead atoms. The number of benzene rings is 2. The van der Waals surface area contributed by atoms with Gasteiger partial charge in [-0.1, -0.05) is 29.8 Å². The molecule has 0 saturated carbocycles. The second-order valence-corrected chi connectivity index (χ2v) is 7.96. The maximum atomic E-state index is 13.0. The van der Waals surface area contributed by atoms with Crippen LogP contribution in [-0.4, -0.2) is 33.4 Å². The van der Waals surface area contributed by atoms with Crippen LogP contribution < -0.4 is 5.76 Å². The van der Waals surface area contributed by atoms with Crippen molar-refractivity contribution in [3.63, 3.8) is 0 Å². The van der Waals surface area contributed by atoms with Crippen molar-refractivity contribution in [3.05, 3.63) is 69.8 Å². The van der Waals surface area contributed by atoms with E-state index in [1.165, 1.54) is 0 Å². The normalized spacial score (nSPS) is 17.3. The number of halogens is 1. The molecule has 1 amide bonds. The van der Waals surface area contributed by atoms with Gasteiger partial charge in [-0.2, -0.15) is 0 Å². The maximum Gasteiger partial charge on any atom is 0.420 e. The molecule has 1 saturated heterocycles. The molecule has 0 aliphatic carbocycles. The minimum atomic E-state index is -0.404. The van der Waals surface area contributed by atoms with Crippen LogP contribution in [0.25, 0.3) is 22.0 Å². The van der Waals surface area contributed by atoms with E-state index in [1.807, 2.05) is 35.4 Å². The van der Waals surface area contributed by atoms with Crippen LogP contribution in [0.4, 0.5) is 0 Å². The Hall–Kier alpha value is -2.99. The first-order valence-corrected chi connectivity index (χ1v) is 10.1. The number of nitrogens with zero attached hydrogens (tertiary/aromatic N) is 2. The molecular weight excluding hydrogens is 390 g/mol. The second kappa shape index (κ2) is 7.12. The zero-order valence-electron chi connectivity index (χ0n) is 15.7. The first-order valence-electron chi connectivity index (χ1n) is 9.73. The number of H-pyrrole nitrogens is 1. The molecule has 2 aromatic heterocycles. The van der Waals surface area contributed by atoms with Crippen molar-refractivity contribution in [2.24, 2.45) is 0 Å². The SMILES string of the molecule is O=C(Cc1c[nH]c2ccccc12)N1CCC[C@@H](n2c(=O)oc3ccc(Cl)cc32)C1. The lowest BCUT2D eigenvalue weighted by Gasteiger charge is -2.33. The predicted octanol–water partition coefficient (Wildman–Crippen LogP) is 4.14. The van der Waals surface area contributed by atoms with Gasteiger partial charge in [0.2, 0.25) is 5.91 Å². The minimum Gasteiger partial charge on any atom is -0.408 e. The summed E-state index contributed by atoms with van der Waals surface area (Å²) in [5.74, 6) is -0.337. The number of aromatic amines is 1. The van der Waals surface area contributed by atoms with E-state index in [-0.39, 0.29) is 11.9 Å². The van der Waals surface area contributed by atoms with Crippen LogP contribution in [0, 0.1) is 0 Å². The Morgan fingerprint density at radius 1 is 1.24 bits per heavy atom. The molecule has 0 radical (unpaired) electrons. The molecule has 1 atom stereocenters. The van der Waals surface area contributed by atoms with Crippen molar-refractivity contribution in [1.82, 2.24) is 14.5 Å². The number of amides is 1. The number of nitrogens with one attached hydrogen (secondary N) is 1. The van der Waals surface area contributed by atoms with Gasteiger partial charge in [0.1, 0.15) is 0 Å². The summed E-state index contributed by atoms with van der Waals surface area (Å²) in [6.07, 6.45) is 3.89. The van der Waals surface area contributed by atoms with Gasteiger partial charge in [0, 0.05) is 35.2 Å². The lowest BCUT2D eigenvalue weighted by molar-refractivity contribution is -0.132. The molecule has 1 aliphatic rings. The van der Waals surface area contributed by atoms with Crippen LogP contribution in [0.1, 0.15) is 24.4 Å². The molecule has 4 aromatic rings. The third kappa shape index (κ3) is 3.23. The van der Waals surface area contributed by atoms with Crippen molar-refractivity contribution in [1.29, 1.82) is 0 Å². The Kier molecular flexibility index (Phi) is 4.43. The fourth-order valence-electron chi connectivity index (χ4n) is 4.30. The van der Waals surface area contributed by atoms with E-state index >= 15 is 0 Å². The van der Waals surface area contributed by atoms with Crippen molar-refractivity contribution in [2.45, 2.75) is 25.3 Å². The highest BCUT2D eigenvalue weighted by Gasteiger charge is 2.28. The summed E-state index contributed by atoms with van der Waals surface area (Å²) in [5.41, 5.74) is 3.21. The summed E-state index contributed by atoms with van der Waals surface area (Å²) < 4.78 is 7.02. The molecular formula is C22H20ClN3O3. The summed E-state index contributed by atoms with van der Waals surface area (Å²) >= 11 is 6.12. The molecule has 1 N–H and O–H groups in total. The van der Waals surface area contributed by atoms with E-state index in [0.717, 1.165) is 29.3 Å². The molecule has 29 heavy (non-hydrogen) atoms. The number of piperidine rings is 1. The summed E-state index contributed by atoms with van der Waals surface area (Å²) in [5, 5.41) is 1.62. The zero-order chi connectivity index (χ0) is 20.0. The minimum absolute atomic E-state index is 0.0679. The van der Waals surface area contributed by atoms with Gasteiger partial charge in [0.25, 0.3) is 0 Å². The lowest BCUT2D eigenvalue weighted by atomic mass is 10.0. The lowest BCUT2D eigenvalue weighted by Crippen LogP contribution is -2.42. The molecule has 5 rings (SSSR count). The van der Waals surface area contributed by atoms with Crippen molar-refractivity contribution in [2.75, 3.05) is 13.1 Å². The van der Waals surface area contributed by atoms with E-state index in [2.05, 4.69) is 4.98 Å².